The minimum absolute atomic E-state index is 0.0792. The second-order valence-electron chi connectivity index (χ2n) is 11.0. The van der Waals surface area contributed by atoms with Crippen LogP contribution in [-0.2, 0) is 21.9 Å². The fraction of sp³-hybridized carbons (Fsp3) is 0.324. The highest BCUT2D eigenvalue weighted by molar-refractivity contribution is 7.98. The number of esters is 1. The van der Waals surface area contributed by atoms with Gasteiger partial charge >= 0.3 is 5.97 Å². The molecule has 2 heterocycles. The molecule has 1 fully saturated rings. The summed E-state index contributed by atoms with van der Waals surface area (Å²) in [6.45, 7) is 2.24. The first-order valence-electron chi connectivity index (χ1n) is 14.9. The molecule has 1 aliphatic heterocycles. The predicted molar refractivity (Wildman–Crippen MR) is 172 cm³/mol. The number of ether oxygens (including phenoxy) is 3. The normalized spacial score (nSPS) is 16.7. The first-order valence-corrected chi connectivity index (χ1v) is 16.2. The fourth-order valence-corrected chi connectivity index (χ4v) is 6.51. The molecule has 2 aliphatic rings. The van der Waals surface area contributed by atoms with Crippen LogP contribution in [0, 0.1) is 0 Å². The van der Waals surface area contributed by atoms with Crippen LogP contribution in [0.5, 0.6) is 11.5 Å². The van der Waals surface area contributed by atoms with E-state index in [2.05, 4.69) is 17.4 Å². The molecule has 1 atom stereocenters. The van der Waals surface area contributed by atoms with Crippen LogP contribution >= 0.6 is 23.4 Å². The van der Waals surface area contributed by atoms with Crippen molar-refractivity contribution in [2.24, 2.45) is 0 Å². The van der Waals surface area contributed by atoms with Crippen molar-refractivity contribution >= 4 is 35.3 Å². The highest BCUT2D eigenvalue weighted by atomic mass is 35.5. The average Bonchev–Trinajstić information content (AvgIpc) is 3.46. The third kappa shape index (κ3) is 6.89. The lowest BCUT2D eigenvalue weighted by atomic mass is 9.94. The summed E-state index contributed by atoms with van der Waals surface area (Å²) in [5.41, 5.74) is 4.17. The molecule has 0 radical (unpaired) electrons. The maximum atomic E-state index is 13.8. The quantitative estimate of drug-likeness (QED) is 0.139. The molecule has 0 bridgehead atoms. The smallest absolute Gasteiger partial charge is 0.338 e. The topological polar surface area (TPSA) is 87.5 Å². The van der Waals surface area contributed by atoms with Crippen LogP contribution in [0.25, 0.3) is 0 Å². The lowest BCUT2D eigenvalue weighted by Crippen LogP contribution is -2.32. The van der Waals surface area contributed by atoms with Crippen LogP contribution in [0.4, 0.5) is 5.95 Å². The summed E-state index contributed by atoms with van der Waals surface area (Å²) in [6.07, 6.45) is 5.02. The third-order valence-electron chi connectivity index (χ3n) is 7.90. The SMILES string of the molecule is COc1cc(C2C(C(=O)OC3CCCCC3)=C(C)Nc3nc(SCc4ccccc4)nn32)ccc1OCc1ccc(Cl)cc1. The van der Waals surface area contributed by atoms with Gasteiger partial charge in [0.25, 0.3) is 0 Å². The van der Waals surface area contributed by atoms with Crippen molar-refractivity contribution in [2.75, 3.05) is 12.4 Å². The van der Waals surface area contributed by atoms with Gasteiger partial charge in [0.2, 0.25) is 11.1 Å². The Morgan fingerprint density at radius 2 is 1.77 bits per heavy atom. The average molecular weight is 631 g/mol. The maximum absolute atomic E-state index is 13.8. The van der Waals surface area contributed by atoms with E-state index < -0.39 is 6.04 Å². The molecule has 8 nitrogen and oxygen atoms in total. The number of aromatic nitrogens is 3. The number of benzene rings is 3. The zero-order chi connectivity index (χ0) is 30.5. The first-order chi connectivity index (χ1) is 21.5. The Hall–Kier alpha value is -3.95. The molecule has 1 unspecified atom stereocenters. The number of carbonyl (C=O) groups is 1. The Labute approximate surface area is 266 Å². The van der Waals surface area contributed by atoms with Gasteiger partial charge in [-0.25, -0.2) is 9.48 Å². The number of carbonyl (C=O) groups excluding carboxylic acids is 1. The molecule has 228 valence electrons. The summed E-state index contributed by atoms with van der Waals surface area (Å²) >= 11 is 7.58. The van der Waals surface area contributed by atoms with Gasteiger partial charge in [-0.05, 0) is 73.6 Å². The van der Waals surface area contributed by atoms with Gasteiger partial charge in [0.15, 0.2) is 11.5 Å². The lowest BCUT2D eigenvalue weighted by Gasteiger charge is -2.30. The maximum Gasteiger partial charge on any atom is 0.338 e. The summed E-state index contributed by atoms with van der Waals surface area (Å²) in [7, 11) is 1.61. The van der Waals surface area contributed by atoms with Gasteiger partial charge in [-0.15, -0.1) is 5.10 Å². The molecule has 44 heavy (non-hydrogen) atoms. The van der Waals surface area contributed by atoms with Gasteiger partial charge in [0, 0.05) is 16.5 Å². The Kier molecular flexibility index (Phi) is 9.43. The van der Waals surface area contributed by atoms with Crippen molar-refractivity contribution in [1.29, 1.82) is 0 Å². The number of methoxy groups -OCH3 is 1. The molecule has 10 heteroatoms. The van der Waals surface area contributed by atoms with Gasteiger partial charge in [-0.1, -0.05) is 78.3 Å². The third-order valence-corrected chi connectivity index (χ3v) is 9.06. The second-order valence-corrected chi connectivity index (χ2v) is 12.4. The van der Waals surface area contributed by atoms with E-state index in [1.165, 1.54) is 12.0 Å². The number of halogens is 1. The van der Waals surface area contributed by atoms with Crippen molar-refractivity contribution in [3.8, 4) is 11.5 Å². The van der Waals surface area contributed by atoms with E-state index in [9.17, 15) is 4.79 Å². The highest BCUT2D eigenvalue weighted by Gasteiger charge is 2.37. The minimum atomic E-state index is -0.569. The van der Waals surface area contributed by atoms with Crippen LogP contribution in [0.2, 0.25) is 5.02 Å². The van der Waals surface area contributed by atoms with Crippen LogP contribution in [0.1, 0.15) is 61.8 Å². The van der Waals surface area contributed by atoms with E-state index >= 15 is 0 Å². The van der Waals surface area contributed by atoms with Crippen molar-refractivity contribution < 1.29 is 19.0 Å². The molecule has 1 N–H and O–H groups in total. The van der Waals surface area contributed by atoms with Crippen LogP contribution in [0.15, 0.2) is 89.2 Å². The lowest BCUT2D eigenvalue weighted by molar-refractivity contribution is -0.146. The van der Waals surface area contributed by atoms with Crippen molar-refractivity contribution in [3.63, 3.8) is 0 Å². The highest BCUT2D eigenvalue weighted by Crippen LogP contribution is 2.40. The molecule has 3 aromatic carbocycles. The summed E-state index contributed by atoms with van der Waals surface area (Å²) in [5, 5.41) is 9.49. The molecule has 6 rings (SSSR count). The van der Waals surface area contributed by atoms with Crippen LogP contribution in [-0.4, -0.2) is 33.9 Å². The Bertz CT molecular complexity index is 1630. The Balaban J connectivity index is 1.31. The summed E-state index contributed by atoms with van der Waals surface area (Å²) in [4.78, 5) is 18.6. The minimum Gasteiger partial charge on any atom is -0.493 e. The molecular formula is C34H35ClN4O4S. The van der Waals surface area contributed by atoms with Gasteiger partial charge in [-0.2, -0.15) is 4.98 Å². The number of nitrogens with one attached hydrogen (secondary N) is 1. The summed E-state index contributed by atoms with van der Waals surface area (Å²) < 4.78 is 19.7. The van der Waals surface area contributed by atoms with Gasteiger partial charge in [0.1, 0.15) is 18.8 Å². The van der Waals surface area contributed by atoms with Crippen LogP contribution < -0.4 is 14.8 Å². The number of thioether (sulfide) groups is 1. The van der Waals surface area contributed by atoms with Crippen LogP contribution in [0.3, 0.4) is 0 Å². The zero-order valence-corrected chi connectivity index (χ0v) is 26.4. The molecule has 4 aromatic rings. The zero-order valence-electron chi connectivity index (χ0n) is 24.8. The van der Waals surface area contributed by atoms with E-state index in [0.717, 1.165) is 42.6 Å². The van der Waals surface area contributed by atoms with Crippen molar-refractivity contribution in [2.45, 2.75) is 68.7 Å². The first kappa shape index (κ1) is 30.1. The Morgan fingerprint density at radius 1 is 1.00 bits per heavy atom. The van der Waals surface area contributed by atoms with Gasteiger partial charge in [-0.3, -0.25) is 0 Å². The molecule has 1 aromatic heterocycles. The molecular weight excluding hydrogens is 596 g/mol. The number of fused-ring (bicyclic) bond motifs is 1. The number of nitrogens with zero attached hydrogens (tertiary/aromatic N) is 3. The van der Waals surface area contributed by atoms with E-state index in [4.69, 9.17) is 35.9 Å². The largest absolute Gasteiger partial charge is 0.493 e. The number of allylic oxidation sites excluding steroid dienone is 1. The van der Waals surface area contributed by atoms with E-state index in [-0.39, 0.29) is 12.1 Å². The van der Waals surface area contributed by atoms with E-state index in [1.807, 2.05) is 67.6 Å². The number of rotatable bonds is 10. The summed E-state index contributed by atoms with van der Waals surface area (Å²) in [5.74, 6) is 2.09. The number of hydrogen-bond acceptors (Lipinski definition) is 8. The predicted octanol–water partition coefficient (Wildman–Crippen LogP) is 7.98. The van der Waals surface area contributed by atoms with E-state index in [0.29, 0.717) is 45.5 Å². The summed E-state index contributed by atoms with van der Waals surface area (Å²) in [6, 6.07) is 22.9. The van der Waals surface area contributed by atoms with Crippen molar-refractivity contribution in [1.82, 2.24) is 14.8 Å². The van der Waals surface area contributed by atoms with Gasteiger partial charge in [0.05, 0.1) is 12.7 Å². The molecule has 0 saturated heterocycles. The Morgan fingerprint density at radius 3 is 2.52 bits per heavy atom. The monoisotopic (exact) mass is 630 g/mol. The number of anilines is 1. The van der Waals surface area contributed by atoms with E-state index in [1.54, 1.807) is 23.6 Å². The molecule has 0 spiro atoms. The van der Waals surface area contributed by atoms with Crippen molar-refractivity contribution in [3.05, 3.63) is 106 Å². The second kappa shape index (κ2) is 13.8. The fourth-order valence-electron chi connectivity index (χ4n) is 5.60. The molecule has 0 amide bonds. The molecule has 1 saturated carbocycles. The molecule has 1 aliphatic carbocycles. The standard InChI is InChI=1S/C34H35ClN4O4S/c1-22-30(32(40)43-27-11-7-4-8-12-27)31(39-33(36-22)37-34(38-39)44-21-24-9-5-3-6-10-24)25-15-18-28(29(19-25)41-2)42-20-23-13-16-26(35)17-14-23/h3,5-6,9-10,13-19,27,31H,4,7-8,11-12,20-21H2,1-2H3,(H,36,37,38). The number of hydrogen-bond donors (Lipinski definition) is 1. The van der Waals surface area contributed by atoms with Gasteiger partial charge < -0.3 is 19.5 Å².